The molecule has 1 heterocycles. The second-order valence-electron chi connectivity index (χ2n) is 4.05. The summed E-state index contributed by atoms with van der Waals surface area (Å²) in [5.41, 5.74) is 7.45. The summed E-state index contributed by atoms with van der Waals surface area (Å²) in [6, 6.07) is 2.40. The van der Waals surface area contributed by atoms with Gasteiger partial charge in [0, 0.05) is 10.9 Å². The van der Waals surface area contributed by atoms with Crippen molar-refractivity contribution in [2.24, 2.45) is 11.7 Å². The van der Waals surface area contributed by atoms with Crippen molar-refractivity contribution in [3.63, 3.8) is 0 Å². The molecule has 0 aliphatic carbocycles. The number of thiophene rings is 1. The van der Waals surface area contributed by atoms with Crippen LogP contribution in [0.4, 0.5) is 0 Å². The zero-order chi connectivity index (χ0) is 9.84. The topological polar surface area (TPSA) is 26.0 Å². The molecule has 0 saturated carbocycles. The van der Waals surface area contributed by atoms with Gasteiger partial charge in [-0.3, -0.25) is 0 Å². The van der Waals surface area contributed by atoms with Crippen LogP contribution in [0.3, 0.4) is 0 Å². The summed E-state index contributed by atoms with van der Waals surface area (Å²) in [6.07, 6.45) is 2.33. The molecule has 0 bridgehead atoms. The van der Waals surface area contributed by atoms with E-state index in [1.165, 1.54) is 16.9 Å². The number of hydrogen-bond donors (Lipinski definition) is 1. The van der Waals surface area contributed by atoms with Crippen molar-refractivity contribution in [2.75, 3.05) is 0 Å². The predicted molar refractivity (Wildman–Crippen MR) is 67.3 cm³/mol. The highest BCUT2D eigenvalue weighted by molar-refractivity contribution is 7.10. The van der Waals surface area contributed by atoms with E-state index in [1.54, 1.807) is 11.3 Å². The molecular formula is C11H20ClNS. The summed E-state index contributed by atoms with van der Waals surface area (Å²) in [4.78, 5) is 1.36. The van der Waals surface area contributed by atoms with E-state index in [1.807, 2.05) is 0 Å². The van der Waals surface area contributed by atoms with Crippen LogP contribution in [-0.2, 0) is 0 Å². The number of nitrogens with two attached hydrogens (primary N) is 1. The maximum atomic E-state index is 6.10. The Balaban J connectivity index is 0.00000169. The molecule has 14 heavy (non-hydrogen) atoms. The molecule has 0 aliphatic heterocycles. The first-order valence-electron chi connectivity index (χ1n) is 4.91. The van der Waals surface area contributed by atoms with Gasteiger partial charge < -0.3 is 5.73 Å². The van der Waals surface area contributed by atoms with Crippen molar-refractivity contribution < 1.29 is 0 Å². The third kappa shape index (κ3) is 3.99. The minimum Gasteiger partial charge on any atom is -0.323 e. The van der Waals surface area contributed by atoms with Crippen LogP contribution in [0.5, 0.6) is 0 Å². The largest absolute Gasteiger partial charge is 0.323 e. The monoisotopic (exact) mass is 233 g/mol. The van der Waals surface area contributed by atoms with E-state index in [0.29, 0.717) is 0 Å². The lowest BCUT2D eigenvalue weighted by Gasteiger charge is -2.12. The summed E-state index contributed by atoms with van der Waals surface area (Å²) in [7, 11) is 0. The quantitative estimate of drug-likeness (QED) is 0.839. The van der Waals surface area contributed by atoms with Crippen molar-refractivity contribution in [3.8, 4) is 0 Å². The van der Waals surface area contributed by atoms with Gasteiger partial charge in [0.25, 0.3) is 0 Å². The smallest absolute Gasteiger partial charge is 0.0392 e. The van der Waals surface area contributed by atoms with Gasteiger partial charge in [-0.05, 0) is 42.7 Å². The Morgan fingerprint density at radius 1 is 1.36 bits per heavy atom. The Labute approximate surface area is 97.1 Å². The van der Waals surface area contributed by atoms with Gasteiger partial charge in [-0.15, -0.1) is 23.7 Å². The van der Waals surface area contributed by atoms with Crippen LogP contribution in [0.1, 0.15) is 43.2 Å². The van der Waals surface area contributed by atoms with Crippen LogP contribution in [-0.4, -0.2) is 0 Å². The Bertz CT molecular complexity index is 258. The molecule has 1 aromatic rings. The molecule has 0 aliphatic rings. The Hall–Kier alpha value is -0.0500. The zero-order valence-electron chi connectivity index (χ0n) is 9.12. The third-order valence-corrected chi connectivity index (χ3v) is 3.44. The van der Waals surface area contributed by atoms with E-state index < -0.39 is 0 Å². The highest BCUT2D eigenvalue weighted by Crippen LogP contribution is 2.26. The van der Waals surface area contributed by atoms with Crippen LogP contribution in [0.15, 0.2) is 11.4 Å². The van der Waals surface area contributed by atoms with Crippen molar-refractivity contribution in [3.05, 3.63) is 21.9 Å². The van der Waals surface area contributed by atoms with Gasteiger partial charge in [0.15, 0.2) is 0 Å². The minimum atomic E-state index is 0. The molecule has 0 spiro atoms. The summed E-state index contributed by atoms with van der Waals surface area (Å²) < 4.78 is 0. The average molecular weight is 234 g/mol. The fourth-order valence-corrected chi connectivity index (χ4v) is 2.37. The molecule has 2 N–H and O–H groups in total. The lowest BCUT2D eigenvalue weighted by molar-refractivity contribution is 0.510. The van der Waals surface area contributed by atoms with Crippen molar-refractivity contribution in [2.45, 2.75) is 39.7 Å². The maximum Gasteiger partial charge on any atom is 0.0392 e. The summed E-state index contributed by atoms with van der Waals surface area (Å²) in [5.74, 6) is 0.756. The molecule has 0 radical (unpaired) electrons. The maximum absolute atomic E-state index is 6.10. The van der Waals surface area contributed by atoms with Crippen LogP contribution >= 0.6 is 23.7 Å². The van der Waals surface area contributed by atoms with Crippen molar-refractivity contribution in [1.82, 2.24) is 0 Å². The summed E-state index contributed by atoms with van der Waals surface area (Å²) in [5, 5.41) is 2.12. The van der Waals surface area contributed by atoms with E-state index in [2.05, 4.69) is 32.2 Å². The van der Waals surface area contributed by atoms with E-state index in [4.69, 9.17) is 5.73 Å². The van der Waals surface area contributed by atoms with Gasteiger partial charge in [0.1, 0.15) is 0 Å². The standard InChI is InChI=1S/C11H19NS.ClH/c1-8(2)4-5-10(12)11-9(3)6-7-13-11;/h6-8,10H,4-5,12H2,1-3H3;1H/t10-;/m0./s1. The molecule has 82 valence electrons. The summed E-state index contributed by atoms with van der Waals surface area (Å²) in [6.45, 7) is 6.63. The number of aryl methyl sites for hydroxylation is 1. The van der Waals surface area contributed by atoms with Gasteiger partial charge in [-0.2, -0.15) is 0 Å². The minimum absolute atomic E-state index is 0. The van der Waals surface area contributed by atoms with E-state index in [0.717, 1.165) is 12.3 Å². The predicted octanol–water partition coefficient (Wildman–Crippen LogP) is 3.91. The molecule has 1 atom stereocenters. The Morgan fingerprint density at radius 2 is 2.00 bits per heavy atom. The van der Waals surface area contributed by atoms with Crippen LogP contribution in [0.2, 0.25) is 0 Å². The molecule has 0 saturated heterocycles. The van der Waals surface area contributed by atoms with E-state index in [9.17, 15) is 0 Å². The SMILES string of the molecule is Cc1ccsc1[C@@H](N)CCC(C)C.Cl. The zero-order valence-corrected chi connectivity index (χ0v) is 10.8. The molecule has 1 rings (SSSR count). The highest BCUT2D eigenvalue weighted by Gasteiger charge is 2.10. The van der Waals surface area contributed by atoms with E-state index >= 15 is 0 Å². The van der Waals surface area contributed by atoms with Gasteiger partial charge in [-0.25, -0.2) is 0 Å². The van der Waals surface area contributed by atoms with Gasteiger partial charge in [0.05, 0.1) is 0 Å². The van der Waals surface area contributed by atoms with Gasteiger partial charge >= 0.3 is 0 Å². The van der Waals surface area contributed by atoms with Crippen LogP contribution in [0, 0.1) is 12.8 Å². The Kier molecular flexibility index (Phi) is 6.41. The number of hydrogen-bond acceptors (Lipinski definition) is 2. The fraction of sp³-hybridized carbons (Fsp3) is 0.636. The van der Waals surface area contributed by atoms with E-state index in [-0.39, 0.29) is 18.4 Å². The second kappa shape index (κ2) is 6.44. The van der Waals surface area contributed by atoms with Gasteiger partial charge in [0.2, 0.25) is 0 Å². The molecule has 0 amide bonds. The molecule has 0 unspecified atom stereocenters. The first kappa shape index (κ1) is 13.9. The number of halogens is 1. The number of rotatable bonds is 4. The highest BCUT2D eigenvalue weighted by atomic mass is 35.5. The molecule has 1 aromatic heterocycles. The summed E-state index contributed by atoms with van der Waals surface area (Å²) >= 11 is 1.78. The van der Waals surface area contributed by atoms with Crippen LogP contribution in [0.25, 0.3) is 0 Å². The third-order valence-electron chi connectivity index (χ3n) is 2.29. The first-order valence-corrected chi connectivity index (χ1v) is 5.78. The second-order valence-corrected chi connectivity index (χ2v) is 4.99. The lowest BCUT2D eigenvalue weighted by Crippen LogP contribution is -2.10. The molecule has 1 nitrogen and oxygen atoms in total. The molecule has 0 aromatic carbocycles. The van der Waals surface area contributed by atoms with Crippen LogP contribution < -0.4 is 5.73 Å². The van der Waals surface area contributed by atoms with Crippen molar-refractivity contribution in [1.29, 1.82) is 0 Å². The molecular weight excluding hydrogens is 214 g/mol. The Morgan fingerprint density at radius 3 is 2.43 bits per heavy atom. The lowest BCUT2D eigenvalue weighted by atomic mass is 10.0. The first-order chi connectivity index (χ1) is 6.11. The average Bonchev–Trinajstić information content (AvgIpc) is 2.47. The normalized spacial score (nSPS) is 12.6. The van der Waals surface area contributed by atoms with Crippen molar-refractivity contribution >= 4 is 23.7 Å². The molecule has 0 fully saturated rings. The molecule has 3 heteroatoms. The fourth-order valence-electron chi connectivity index (χ4n) is 1.41. The van der Waals surface area contributed by atoms with Gasteiger partial charge in [-0.1, -0.05) is 13.8 Å².